The lowest BCUT2D eigenvalue weighted by molar-refractivity contribution is 0.541. The van der Waals surface area contributed by atoms with E-state index >= 15 is 0 Å². The van der Waals surface area contributed by atoms with Gasteiger partial charge in [0.25, 0.3) is 0 Å². The summed E-state index contributed by atoms with van der Waals surface area (Å²) in [7, 11) is 0. The molecular formula is C12H13F2NO. The first kappa shape index (κ1) is 11.1. The maximum atomic E-state index is 13.7. The van der Waals surface area contributed by atoms with E-state index in [4.69, 9.17) is 10.2 Å². The summed E-state index contributed by atoms with van der Waals surface area (Å²) in [6.45, 7) is 2.31. The fraction of sp³-hybridized carbons (Fsp3) is 0.333. The largest absolute Gasteiger partial charge is 0.464 e. The van der Waals surface area contributed by atoms with Crippen LogP contribution in [0.4, 0.5) is 8.78 Å². The molecule has 2 rings (SSSR count). The Morgan fingerprint density at radius 2 is 2.12 bits per heavy atom. The molecule has 1 aromatic heterocycles. The molecule has 16 heavy (non-hydrogen) atoms. The molecule has 1 atom stereocenters. The summed E-state index contributed by atoms with van der Waals surface area (Å²) in [6, 6.07) is 2.41. The average molecular weight is 225 g/mol. The number of rotatable bonds is 3. The lowest BCUT2D eigenvalue weighted by Gasteiger charge is -2.12. The topological polar surface area (TPSA) is 39.2 Å². The van der Waals surface area contributed by atoms with Gasteiger partial charge in [0.1, 0.15) is 17.2 Å². The van der Waals surface area contributed by atoms with Gasteiger partial charge in [0.15, 0.2) is 0 Å². The minimum absolute atomic E-state index is 0.0840. The Hall–Kier alpha value is -1.42. The van der Waals surface area contributed by atoms with Gasteiger partial charge in [-0.15, -0.1) is 0 Å². The zero-order valence-electron chi connectivity index (χ0n) is 8.97. The highest BCUT2D eigenvalue weighted by molar-refractivity contribution is 5.81. The van der Waals surface area contributed by atoms with Gasteiger partial charge in [-0.25, -0.2) is 8.78 Å². The van der Waals surface area contributed by atoms with Crippen LogP contribution in [0.3, 0.4) is 0 Å². The summed E-state index contributed by atoms with van der Waals surface area (Å²) in [5.41, 5.74) is 6.14. The Kier molecular flexibility index (Phi) is 2.92. The van der Waals surface area contributed by atoms with Crippen molar-refractivity contribution in [2.75, 3.05) is 6.54 Å². The van der Waals surface area contributed by atoms with Crippen molar-refractivity contribution in [3.05, 3.63) is 35.6 Å². The number of nitrogens with two attached hydrogens (primary N) is 1. The first-order valence-corrected chi connectivity index (χ1v) is 5.20. The molecule has 2 nitrogen and oxygen atoms in total. The molecule has 0 saturated heterocycles. The van der Waals surface area contributed by atoms with Crippen molar-refractivity contribution in [3.63, 3.8) is 0 Å². The summed E-state index contributed by atoms with van der Waals surface area (Å²) in [6.07, 6.45) is 2.00. The smallest absolute Gasteiger partial charge is 0.143 e. The van der Waals surface area contributed by atoms with Gasteiger partial charge in [0, 0.05) is 11.6 Å². The molecule has 4 heteroatoms. The SMILES string of the molecule is CC(CCN)c1c(F)cc(F)c2ccoc12. The van der Waals surface area contributed by atoms with E-state index in [2.05, 4.69) is 0 Å². The number of fused-ring (bicyclic) bond motifs is 1. The number of hydrogen-bond donors (Lipinski definition) is 1. The lowest BCUT2D eigenvalue weighted by Crippen LogP contribution is -2.06. The van der Waals surface area contributed by atoms with Crippen molar-refractivity contribution in [2.24, 2.45) is 5.73 Å². The van der Waals surface area contributed by atoms with E-state index < -0.39 is 11.6 Å². The highest BCUT2D eigenvalue weighted by Gasteiger charge is 2.19. The van der Waals surface area contributed by atoms with E-state index in [-0.39, 0.29) is 5.92 Å². The summed E-state index contributed by atoms with van der Waals surface area (Å²) < 4.78 is 32.2. The van der Waals surface area contributed by atoms with Gasteiger partial charge in [-0.3, -0.25) is 0 Å². The van der Waals surface area contributed by atoms with Crippen LogP contribution in [0, 0.1) is 11.6 Å². The standard InChI is InChI=1S/C12H13F2NO/c1-7(2-4-15)11-10(14)6-9(13)8-3-5-16-12(8)11/h3,5-7H,2,4,15H2,1H3. The second kappa shape index (κ2) is 4.22. The highest BCUT2D eigenvalue weighted by Crippen LogP contribution is 2.32. The van der Waals surface area contributed by atoms with Crippen LogP contribution in [-0.4, -0.2) is 6.54 Å². The van der Waals surface area contributed by atoms with Crippen molar-refractivity contribution in [1.29, 1.82) is 0 Å². The molecule has 1 heterocycles. The normalized spacial score (nSPS) is 13.2. The van der Waals surface area contributed by atoms with Crippen molar-refractivity contribution >= 4 is 11.0 Å². The first-order chi connectivity index (χ1) is 7.65. The van der Waals surface area contributed by atoms with E-state index in [0.717, 1.165) is 6.07 Å². The van der Waals surface area contributed by atoms with Crippen LogP contribution in [-0.2, 0) is 0 Å². The van der Waals surface area contributed by atoms with Crippen molar-refractivity contribution in [1.82, 2.24) is 0 Å². The zero-order valence-corrected chi connectivity index (χ0v) is 8.97. The third kappa shape index (κ3) is 1.69. The molecule has 2 N–H and O–H groups in total. The molecule has 1 unspecified atom stereocenters. The minimum Gasteiger partial charge on any atom is -0.464 e. The predicted molar refractivity (Wildman–Crippen MR) is 58.2 cm³/mol. The third-order valence-corrected chi connectivity index (χ3v) is 2.77. The maximum Gasteiger partial charge on any atom is 0.143 e. The fourth-order valence-corrected chi connectivity index (χ4v) is 1.93. The summed E-state index contributed by atoms with van der Waals surface area (Å²) in [5.74, 6) is -1.25. The Morgan fingerprint density at radius 1 is 1.38 bits per heavy atom. The van der Waals surface area contributed by atoms with Crippen molar-refractivity contribution in [3.8, 4) is 0 Å². The number of furan rings is 1. The molecule has 0 aliphatic rings. The molecule has 0 aliphatic heterocycles. The predicted octanol–water partition coefficient (Wildman–Crippen LogP) is 3.16. The molecular weight excluding hydrogens is 212 g/mol. The molecule has 0 fully saturated rings. The molecule has 0 aliphatic carbocycles. The number of halogens is 2. The van der Waals surface area contributed by atoms with Gasteiger partial charge in [-0.05, 0) is 24.9 Å². The van der Waals surface area contributed by atoms with Gasteiger partial charge in [-0.2, -0.15) is 0 Å². The summed E-state index contributed by atoms with van der Waals surface area (Å²) >= 11 is 0. The third-order valence-electron chi connectivity index (χ3n) is 2.77. The van der Waals surface area contributed by atoms with Gasteiger partial charge >= 0.3 is 0 Å². The van der Waals surface area contributed by atoms with Crippen LogP contribution >= 0.6 is 0 Å². The monoisotopic (exact) mass is 225 g/mol. The maximum absolute atomic E-state index is 13.7. The Balaban J connectivity index is 2.63. The second-order valence-corrected chi connectivity index (χ2v) is 3.90. The molecule has 86 valence electrons. The van der Waals surface area contributed by atoms with E-state index in [1.165, 1.54) is 12.3 Å². The molecule has 2 aromatic rings. The van der Waals surface area contributed by atoms with Gasteiger partial charge in [0.05, 0.1) is 11.6 Å². The van der Waals surface area contributed by atoms with Gasteiger partial charge in [-0.1, -0.05) is 6.92 Å². The van der Waals surface area contributed by atoms with Crippen LogP contribution in [0.2, 0.25) is 0 Å². The molecule has 0 saturated carbocycles. The van der Waals surface area contributed by atoms with Crippen LogP contribution < -0.4 is 5.73 Å². The number of benzene rings is 1. The van der Waals surface area contributed by atoms with E-state index in [1.54, 1.807) is 0 Å². The Labute approximate surface area is 92.0 Å². The Morgan fingerprint density at radius 3 is 2.81 bits per heavy atom. The summed E-state index contributed by atoms with van der Waals surface area (Å²) in [5, 5.41) is 0.320. The molecule has 1 aromatic carbocycles. The summed E-state index contributed by atoms with van der Waals surface area (Å²) in [4.78, 5) is 0. The van der Waals surface area contributed by atoms with Crippen LogP contribution in [0.25, 0.3) is 11.0 Å². The van der Waals surface area contributed by atoms with Crippen molar-refractivity contribution < 1.29 is 13.2 Å². The average Bonchev–Trinajstić information content (AvgIpc) is 2.66. The quantitative estimate of drug-likeness (QED) is 0.871. The molecule has 0 bridgehead atoms. The van der Waals surface area contributed by atoms with Crippen LogP contribution in [0.15, 0.2) is 22.8 Å². The van der Waals surface area contributed by atoms with E-state index in [9.17, 15) is 8.78 Å². The highest BCUT2D eigenvalue weighted by atomic mass is 19.1. The van der Waals surface area contributed by atoms with Gasteiger partial charge in [0.2, 0.25) is 0 Å². The van der Waals surface area contributed by atoms with Gasteiger partial charge < -0.3 is 10.2 Å². The molecule has 0 radical (unpaired) electrons. The second-order valence-electron chi connectivity index (χ2n) is 3.90. The molecule has 0 spiro atoms. The Bertz CT molecular complexity index is 507. The first-order valence-electron chi connectivity index (χ1n) is 5.20. The zero-order chi connectivity index (χ0) is 11.7. The van der Waals surface area contributed by atoms with Crippen LogP contribution in [0.1, 0.15) is 24.8 Å². The lowest BCUT2D eigenvalue weighted by atomic mass is 9.95. The van der Waals surface area contributed by atoms with Crippen LogP contribution in [0.5, 0.6) is 0 Å². The van der Waals surface area contributed by atoms with E-state index in [1.807, 2.05) is 6.92 Å². The van der Waals surface area contributed by atoms with E-state index in [0.29, 0.717) is 29.5 Å². The van der Waals surface area contributed by atoms with Crippen molar-refractivity contribution in [2.45, 2.75) is 19.3 Å². The molecule has 0 amide bonds. The fourth-order valence-electron chi connectivity index (χ4n) is 1.93. The number of hydrogen-bond acceptors (Lipinski definition) is 2. The minimum atomic E-state index is -0.593.